The standard InChI is InChI=1S/C13H15ClN2O2/c1-15-10-6-8(7-17-2)16-13-9(14)4-5-11(18-3)12(10)13/h4-6H,7H2,1-3H3,(H,15,16). The maximum atomic E-state index is 6.20. The van der Waals surface area contributed by atoms with E-state index in [2.05, 4.69) is 10.3 Å². The molecule has 18 heavy (non-hydrogen) atoms. The van der Waals surface area contributed by atoms with E-state index < -0.39 is 0 Å². The molecule has 0 fully saturated rings. The van der Waals surface area contributed by atoms with Crippen molar-refractivity contribution in [3.8, 4) is 5.75 Å². The summed E-state index contributed by atoms with van der Waals surface area (Å²) in [7, 11) is 5.12. The molecule has 0 bridgehead atoms. The Morgan fingerprint density at radius 2 is 2.11 bits per heavy atom. The first-order chi connectivity index (χ1) is 8.71. The Morgan fingerprint density at radius 1 is 1.33 bits per heavy atom. The molecule has 0 aliphatic carbocycles. The molecule has 1 heterocycles. The van der Waals surface area contributed by atoms with Crippen LogP contribution < -0.4 is 10.1 Å². The van der Waals surface area contributed by atoms with E-state index in [0.717, 1.165) is 28.0 Å². The average molecular weight is 267 g/mol. The first kappa shape index (κ1) is 12.9. The van der Waals surface area contributed by atoms with Crippen molar-refractivity contribution in [2.45, 2.75) is 6.61 Å². The Balaban J connectivity index is 2.77. The number of anilines is 1. The van der Waals surface area contributed by atoms with Crippen molar-refractivity contribution < 1.29 is 9.47 Å². The summed E-state index contributed by atoms with van der Waals surface area (Å²) in [4.78, 5) is 4.50. The number of ether oxygens (including phenoxy) is 2. The molecule has 0 atom stereocenters. The number of halogens is 1. The van der Waals surface area contributed by atoms with Crippen LogP contribution in [0.3, 0.4) is 0 Å². The molecule has 0 unspecified atom stereocenters. The lowest BCUT2D eigenvalue weighted by atomic mass is 10.1. The van der Waals surface area contributed by atoms with Gasteiger partial charge in [0.05, 0.1) is 35.3 Å². The fraction of sp³-hybridized carbons (Fsp3) is 0.308. The number of fused-ring (bicyclic) bond motifs is 1. The Bertz CT molecular complexity index is 572. The number of aromatic nitrogens is 1. The smallest absolute Gasteiger partial charge is 0.130 e. The zero-order valence-corrected chi connectivity index (χ0v) is 11.3. The van der Waals surface area contributed by atoms with Gasteiger partial charge in [0.1, 0.15) is 5.75 Å². The van der Waals surface area contributed by atoms with Crippen LogP contribution in [0.15, 0.2) is 18.2 Å². The largest absolute Gasteiger partial charge is 0.496 e. The highest BCUT2D eigenvalue weighted by atomic mass is 35.5. The second-order valence-corrected chi connectivity index (χ2v) is 4.22. The zero-order valence-electron chi connectivity index (χ0n) is 10.6. The molecule has 0 aliphatic rings. The lowest BCUT2D eigenvalue weighted by Crippen LogP contribution is -1.99. The fourth-order valence-corrected chi connectivity index (χ4v) is 2.12. The van der Waals surface area contributed by atoms with Crippen molar-refractivity contribution >= 4 is 28.2 Å². The maximum Gasteiger partial charge on any atom is 0.130 e. The molecule has 96 valence electrons. The van der Waals surface area contributed by atoms with Gasteiger partial charge in [0.15, 0.2) is 0 Å². The number of methoxy groups -OCH3 is 2. The lowest BCUT2D eigenvalue weighted by molar-refractivity contribution is 0.182. The molecule has 1 aromatic carbocycles. The Morgan fingerprint density at radius 3 is 2.72 bits per heavy atom. The van der Waals surface area contributed by atoms with Crippen LogP contribution in [0.2, 0.25) is 5.02 Å². The zero-order chi connectivity index (χ0) is 13.1. The van der Waals surface area contributed by atoms with Gasteiger partial charge in [0.2, 0.25) is 0 Å². The predicted molar refractivity (Wildman–Crippen MR) is 73.6 cm³/mol. The van der Waals surface area contributed by atoms with Gasteiger partial charge in [-0.25, -0.2) is 4.98 Å². The van der Waals surface area contributed by atoms with Gasteiger partial charge in [-0.3, -0.25) is 0 Å². The normalized spacial score (nSPS) is 10.7. The minimum Gasteiger partial charge on any atom is -0.496 e. The van der Waals surface area contributed by atoms with Gasteiger partial charge in [-0.1, -0.05) is 11.6 Å². The van der Waals surface area contributed by atoms with Gasteiger partial charge in [-0.15, -0.1) is 0 Å². The molecule has 4 nitrogen and oxygen atoms in total. The molecule has 0 spiro atoms. The van der Waals surface area contributed by atoms with Gasteiger partial charge in [-0.05, 0) is 18.2 Å². The van der Waals surface area contributed by atoms with Crippen LogP contribution in [0.25, 0.3) is 10.9 Å². The third kappa shape index (κ3) is 2.21. The van der Waals surface area contributed by atoms with Crippen LogP contribution >= 0.6 is 11.6 Å². The van der Waals surface area contributed by atoms with E-state index in [4.69, 9.17) is 21.1 Å². The van der Waals surface area contributed by atoms with E-state index in [-0.39, 0.29) is 0 Å². The summed E-state index contributed by atoms with van der Waals surface area (Å²) >= 11 is 6.20. The van der Waals surface area contributed by atoms with Crippen molar-refractivity contribution in [1.82, 2.24) is 4.98 Å². The van der Waals surface area contributed by atoms with E-state index in [0.29, 0.717) is 11.6 Å². The van der Waals surface area contributed by atoms with Crippen LogP contribution in [0.1, 0.15) is 5.69 Å². The highest BCUT2D eigenvalue weighted by Crippen LogP contribution is 2.35. The van der Waals surface area contributed by atoms with Gasteiger partial charge >= 0.3 is 0 Å². The third-order valence-corrected chi connectivity index (χ3v) is 3.01. The molecular formula is C13H15ClN2O2. The third-order valence-electron chi connectivity index (χ3n) is 2.71. The number of hydrogen-bond acceptors (Lipinski definition) is 4. The van der Waals surface area contributed by atoms with Crippen LogP contribution in [0.4, 0.5) is 5.69 Å². The number of benzene rings is 1. The maximum absolute atomic E-state index is 6.20. The molecule has 2 rings (SSSR count). The molecule has 5 heteroatoms. The highest BCUT2D eigenvalue weighted by Gasteiger charge is 2.12. The minimum atomic E-state index is 0.443. The Hall–Kier alpha value is -1.52. The van der Waals surface area contributed by atoms with E-state index >= 15 is 0 Å². The summed E-state index contributed by atoms with van der Waals surface area (Å²) in [6, 6.07) is 5.56. The molecule has 0 saturated heterocycles. The van der Waals surface area contributed by atoms with E-state index in [9.17, 15) is 0 Å². The monoisotopic (exact) mass is 266 g/mol. The molecule has 1 N–H and O–H groups in total. The molecule has 0 aliphatic heterocycles. The van der Waals surface area contributed by atoms with Crippen LogP contribution in [-0.4, -0.2) is 26.3 Å². The quantitative estimate of drug-likeness (QED) is 0.924. The fourth-order valence-electron chi connectivity index (χ4n) is 1.92. The number of pyridine rings is 1. The Kier molecular flexibility index (Phi) is 3.89. The summed E-state index contributed by atoms with van der Waals surface area (Å²) in [6.07, 6.45) is 0. The van der Waals surface area contributed by atoms with Crippen LogP contribution in [0, 0.1) is 0 Å². The highest BCUT2D eigenvalue weighted by molar-refractivity contribution is 6.35. The SMILES string of the molecule is CNc1cc(COC)nc2c(Cl)ccc(OC)c12. The molecule has 1 aromatic heterocycles. The number of nitrogens with zero attached hydrogens (tertiary/aromatic N) is 1. The summed E-state index contributed by atoms with van der Waals surface area (Å²) in [5.74, 6) is 0.746. The second-order valence-electron chi connectivity index (χ2n) is 3.82. The van der Waals surface area contributed by atoms with Gasteiger partial charge < -0.3 is 14.8 Å². The average Bonchev–Trinajstić information content (AvgIpc) is 2.39. The van der Waals surface area contributed by atoms with Crippen LogP contribution in [0.5, 0.6) is 5.75 Å². The summed E-state index contributed by atoms with van der Waals surface area (Å²) in [6.45, 7) is 0.443. The van der Waals surface area contributed by atoms with Gasteiger partial charge in [0, 0.05) is 19.8 Å². The predicted octanol–water partition coefficient (Wildman–Crippen LogP) is 3.08. The molecule has 0 saturated carbocycles. The number of hydrogen-bond donors (Lipinski definition) is 1. The van der Waals surface area contributed by atoms with Gasteiger partial charge in [-0.2, -0.15) is 0 Å². The number of rotatable bonds is 4. The second kappa shape index (κ2) is 5.42. The summed E-state index contributed by atoms with van der Waals surface area (Å²) in [5, 5.41) is 4.62. The Labute approximate surface area is 111 Å². The first-order valence-electron chi connectivity index (χ1n) is 5.54. The molecule has 0 amide bonds. The minimum absolute atomic E-state index is 0.443. The van der Waals surface area contributed by atoms with Crippen molar-refractivity contribution in [1.29, 1.82) is 0 Å². The summed E-state index contributed by atoms with van der Waals surface area (Å²) < 4.78 is 10.5. The lowest BCUT2D eigenvalue weighted by Gasteiger charge is -2.13. The van der Waals surface area contributed by atoms with Crippen LogP contribution in [-0.2, 0) is 11.3 Å². The molecule has 2 aromatic rings. The van der Waals surface area contributed by atoms with Crippen molar-refractivity contribution in [2.75, 3.05) is 26.6 Å². The molecule has 0 radical (unpaired) electrons. The molecular weight excluding hydrogens is 252 g/mol. The van der Waals surface area contributed by atoms with Gasteiger partial charge in [0.25, 0.3) is 0 Å². The van der Waals surface area contributed by atoms with E-state index in [1.807, 2.05) is 19.2 Å². The van der Waals surface area contributed by atoms with Crippen molar-refractivity contribution in [3.05, 3.63) is 28.9 Å². The summed E-state index contributed by atoms with van der Waals surface area (Å²) in [5.41, 5.74) is 2.46. The first-order valence-corrected chi connectivity index (χ1v) is 5.92. The topological polar surface area (TPSA) is 43.4 Å². The number of nitrogens with one attached hydrogen (secondary N) is 1. The van der Waals surface area contributed by atoms with E-state index in [1.165, 1.54) is 0 Å². The van der Waals surface area contributed by atoms with Crippen molar-refractivity contribution in [3.63, 3.8) is 0 Å². The van der Waals surface area contributed by atoms with Crippen molar-refractivity contribution in [2.24, 2.45) is 0 Å². The van der Waals surface area contributed by atoms with E-state index in [1.54, 1.807) is 20.3 Å².